The number of rotatable bonds is 6. The van der Waals surface area contributed by atoms with E-state index >= 15 is 0 Å². The van der Waals surface area contributed by atoms with Crippen molar-refractivity contribution < 1.29 is 0 Å². The first-order valence-electron chi connectivity index (χ1n) is 22.1. The molecule has 0 aliphatic rings. The minimum atomic E-state index is 0.612. The van der Waals surface area contributed by atoms with Crippen LogP contribution in [0.3, 0.4) is 0 Å². The SMILES string of the molecule is c1ccc(-c2cccc(-c3nc(-c4cccc5ccccc45)nc(-c4cc(-c5ccc6ccccc6c5)c(-n5c6ccccc6c6cc7ccccc7cc65)c5ccccc45)n3)c2)cc1. The van der Waals surface area contributed by atoms with Gasteiger partial charge in [0.2, 0.25) is 0 Å². The molecule has 2 heterocycles. The lowest BCUT2D eigenvalue weighted by molar-refractivity contribution is 1.08. The van der Waals surface area contributed by atoms with Crippen molar-refractivity contribution in [2.45, 2.75) is 0 Å². The van der Waals surface area contributed by atoms with Gasteiger partial charge in [-0.1, -0.05) is 194 Å². The highest BCUT2D eigenvalue weighted by Gasteiger charge is 2.24. The second-order valence-electron chi connectivity index (χ2n) is 16.8. The molecule has 0 fully saturated rings. The fourth-order valence-corrected chi connectivity index (χ4v) is 9.89. The van der Waals surface area contributed by atoms with Crippen LogP contribution in [-0.4, -0.2) is 19.5 Å². The van der Waals surface area contributed by atoms with Crippen LogP contribution in [0, 0.1) is 0 Å². The Bertz CT molecular complexity index is 4010. The van der Waals surface area contributed by atoms with Crippen molar-refractivity contribution in [1.29, 1.82) is 0 Å². The lowest BCUT2D eigenvalue weighted by atomic mass is 9.92. The van der Waals surface area contributed by atoms with Gasteiger partial charge in [0, 0.05) is 38.4 Å². The molecule has 0 amide bonds. The molecule has 0 saturated heterocycles. The van der Waals surface area contributed by atoms with E-state index in [2.05, 4.69) is 229 Å². The summed E-state index contributed by atoms with van der Waals surface area (Å²) in [6.45, 7) is 0. The van der Waals surface area contributed by atoms with Crippen molar-refractivity contribution >= 4 is 64.9 Å². The van der Waals surface area contributed by atoms with Crippen molar-refractivity contribution in [3.8, 4) is 62.1 Å². The van der Waals surface area contributed by atoms with E-state index in [1.54, 1.807) is 0 Å². The molecule has 0 bridgehead atoms. The Labute approximate surface area is 375 Å². The normalized spacial score (nSPS) is 11.7. The molecule has 302 valence electrons. The maximum absolute atomic E-state index is 5.46. The van der Waals surface area contributed by atoms with Crippen LogP contribution in [0.2, 0.25) is 0 Å². The van der Waals surface area contributed by atoms with E-state index < -0.39 is 0 Å². The van der Waals surface area contributed by atoms with Crippen molar-refractivity contribution in [3.63, 3.8) is 0 Å². The van der Waals surface area contributed by atoms with E-state index in [4.69, 9.17) is 15.0 Å². The molecule has 65 heavy (non-hydrogen) atoms. The highest BCUT2D eigenvalue weighted by molar-refractivity contribution is 6.16. The van der Waals surface area contributed by atoms with Crippen LogP contribution < -0.4 is 0 Å². The van der Waals surface area contributed by atoms with Gasteiger partial charge in [0.1, 0.15) is 0 Å². The summed E-state index contributed by atoms with van der Waals surface area (Å²) in [6, 6.07) is 82.5. The van der Waals surface area contributed by atoms with Crippen LogP contribution in [0.4, 0.5) is 0 Å². The van der Waals surface area contributed by atoms with Crippen LogP contribution >= 0.6 is 0 Å². The van der Waals surface area contributed by atoms with Crippen molar-refractivity contribution in [2.75, 3.05) is 0 Å². The fourth-order valence-electron chi connectivity index (χ4n) is 9.89. The van der Waals surface area contributed by atoms with Gasteiger partial charge in [0.05, 0.1) is 16.7 Å². The molecule has 4 heteroatoms. The summed E-state index contributed by atoms with van der Waals surface area (Å²) in [4.78, 5) is 16.2. The van der Waals surface area contributed by atoms with Crippen LogP contribution in [0.5, 0.6) is 0 Å². The Morgan fingerprint density at radius 1 is 0.246 bits per heavy atom. The van der Waals surface area contributed by atoms with Gasteiger partial charge in [-0.15, -0.1) is 0 Å². The van der Waals surface area contributed by atoms with Crippen LogP contribution in [0.25, 0.3) is 127 Å². The van der Waals surface area contributed by atoms with Gasteiger partial charge < -0.3 is 4.57 Å². The quantitative estimate of drug-likeness (QED) is 0.168. The van der Waals surface area contributed by atoms with Crippen molar-refractivity contribution in [2.24, 2.45) is 0 Å². The van der Waals surface area contributed by atoms with Gasteiger partial charge in [-0.2, -0.15) is 0 Å². The molecule has 13 aromatic rings. The summed E-state index contributed by atoms with van der Waals surface area (Å²) in [5, 5.41) is 11.6. The third kappa shape index (κ3) is 6.18. The van der Waals surface area contributed by atoms with E-state index in [9.17, 15) is 0 Å². The molecule has 0 aliphatic heterocycles. The minimum absolute atomic E-state index is 0.612. The van der Waals surface area contributed by atoms with E-state index in [1.165, 1.54) is 32.3 Å². The predicted octanol–water partition coefficient (Wildman–Crippen LogP) is 15.9. The highest BCUT2D eigenvalue weighted by Crippen LogP contribution is 2.45. The van der Waals surface area contributed by atoms with Gasteiger partial charge in [-0.3, -0.25) is 0 Å². The third-order valence-electron chi connectivity index (χ3n) is 13.0. The van der Waals surface area contributed by atoms with Crippen LogP contribution in [0.15, 0.2) is 231 Å². The van der Waals surface area contributed by atoms with E-state index in [0.717, 1.165) is 77.2 Å². The molecule has 11 aromatic carbocycles. The van der Waals surface area contributed by atoms with E-state index in [0.29, 0.717) is 17.5 Å². The molecule has 0 spiro atoms. The molecule has 2 aromatic heterocycles. The maximum atomic E-state index is 5.46. The van der Waals surface area contributed by atoms with Crippen LogP contribution in [-0.2, 0) is 0 Å². The summed E-state index contributed by atoms with van der Waals surface area (Å²) in [5.74, 6) is 1.85. The third-order valence-corrected chi connectivity index (χ3v) is 13.0. The smallest absolute Gasteiger partial charge is 0.164 e. The van der Waals surface area contributed by atoms with Crippen LogP contribution in [0.1, 0.15) is 0 Å². The monoisotopic (exact) mass is 826 g/mol. The lowest BCUT2D eigenvalue weighted by Gasteiger charge is -2.20. The summed E-state index contributed by atoms with van der Waals surface area (Å²) in [7, 11) is 0. The molecule has 0 radical (unpaired) electrons. The Hall–Kier alpha value is -8.73. The number of aromatic nitrogens is 4. The minimum Gasteiger partial charge on any atom is -0.308 e. The number of fused-ring (bicyclic) bond motifs is 7. The topological polar surface area (TPSA) is 43.6 Å². The number of hydrogen-bond acceptors (Lipinski definition) is 3. The molecule has 0 saturated carbocycles. The molecule has 13 rings (SSSR count). The summed E-state index contributed by atoms with van der Waals surface area (Å²) in [6.07, 6.45) is 0. The predicted molar refractivity (Wildman–Crippen MR) is 271 cm³/mol. The van der Waals surface area contributed by atoms with Gasteiger partial charge >= 0.3 is 0 Å². The largest absolute Gasteiger partial charge is 0.308 e. The Kier molecular flexibility index (Phi) is 8.50. The van der Waals surface area contributed by atoms with Gasteiger partial charge in [-0.25, -0.2) is 15.0 Å². The Morgan fingerprint density at radius 2 is 0.815 bits per heavy atom. The first-order chi connectivity index (χ1) is 32.2. The summed E-state index contributed by atoms with van der Waals surface area (Å²) < 4.78 is 2.49. The van der Waals surface area contributed by atoms with E-state index in [1.807, 2.05) is 6.07 Å². The summed E-state index contributed by atoms with van der Waals surface area (Å²) >= 11 is 0. The lowest BCUT2D eigenvalue weighted by Crippen LogP contribution is -2.04. The first kappa shape index (κ1) is 36.9. The second kappa shape index (κ2) is 15.0. The standard InChI is InChI=1S/C61H38N4/c1-2-16-39(17-3-1)43-24-14-25-47(35-43)59-62-60(52-30-15-23-41-19-8-9-26-48(41)52)64-61(63-59)55-38-53(46-33-32-40-18-4-5-20-42(40)34-46)58(51-29-11-10-27-49(51)55)65-56-31-13-12-28-50(56)54-36-44-21-6-7-22-45(44)37-57(54)65/h1-38H. The summed E-state index contributed by atoms with van der Waals surface area (Å²) in [5.41, 5.74) is 10.7. The Balaban J connectivity index is 1.14. The molecule has 0 unspecified atom stereocenters. The zero-order valence-corrected chi connectivity index (χ0v) is 35.2. The first-order valence-corrected chi connectivity index (χ1v) is 22.1. The van der Waals surface area contributed by atoms with E-state index in [-0.39, 0.29) is 0 Å². The van der Waals surface area contributed by atoms with Gasteiger partial charge in [-0.05, 0) is 90.8 Å². The fraction of sp³-hybridized carbons (Fsp3) is 0. The average Bonchev–Trinajstić information content (AvgIpc) is 3.69. The number of nitrogens with zero attached hydrogens (tertiary/aromatic N) is 4. The van der Waals surface area contributed by atoms with Crippen molar-refractivity contribution in [3.05, 3.63) is 231 Å². The number of para-hydroxylation sites is 1. The zero-order valence-electron chi connectivity index (χ0n) is 35.2. The number of benzene rings is 11. The zero-order chi connectivity index (χ0) is 42.8. The maximum Gasteiger partial charge on any atom is 0.164 e. The molecular formula is C61H38N4. The Morgan fingerprint density at radius 3 is 1.63 bits per heavy atom. The number of hydrogen-bond donors (Lipinski definition) is 0. The van der Waals surface area contributed by atoms with Gasteiger partial charge in [0.25, 0.3) is 0 Å². The average molecular weight is 827 g/mol. The molecule has 0 aliphatic carbocycles. The van der Waals surface area contributed by atoms with Crippen molar-refractivity contribution in [1.82, 2.24) is 19.5 Å². The second-order valence-corrected chi connectivity index (χ2v) is 16.8. The highest BCUT2D eigenvalue weighted by atomic mass is 15.0. The molecular weight excluding hydrogens is 789 g/mol. The van der Waals surface area contributed by atoms with Gasteiger partial charge in [0.15, 0.2) is 17.5 Å². The molecule has 0 atom stereocenters. The molecule has 0 N–H and O–H groups in total. The molecule has 4 nitrogen and oxygen atoms in total.